The lowest BCUT2D eigenvalue weighted by atomic mass is 10.1. The predicted octanol–water partition coefficient (Wildman–Crippen LogP) is 3.07. The van der Waals surface area contributed by atoms with E-state index in [1.165, 1.54) is 6.20 Å². The van der Waals surface area contributed by atoms with E-state index in [1.807, 2.05) is 0 Å². The van der Waals surface area contributed by atoms with Crippen LogP contribution in [0.2, 0.25) is 5.02 Å². The van der Waals surface area contributed by atoms with E-state index in [0.29, 0.717) is 16.5 Å². The average Bonchev–Trinajstić information content (AvgIpc) is 2.88. The largest absolute Gasteiger partial charge is 0.506 e. The molecule has 1 aromatic heterocycles. The average molecular weight is 304 g/mol. The lowest BCUT2D eigenvalue weighted by Crippen LogP contribution is -2.15. The van der Waals surface area contributed by atoms with Gasteiger partial charge in [0, 0.05) is 10.7 Å². The summed E-state index contributed by atoms with van der Waals surface area (Å²) >= 11 is 5.74. The molecule has 0 atom stereocenters. The zero-order chi connectivity index (χ0) is 15.4. The number of nitrogens with zero attached hydrogens (tertiary/aromatic N) is 2. The maximum atomic E-state index is 12.0. The van der Waals surface area contributed by atoms with Crippen LogP contribution in [-0.2, 0) is 4.79 Å². The first kappa shape index (κ1) is 14.6. The summed E-state index contributed by atoms with van der Waals surface area (Å²) in [6.07, 6.45) is 1.23. The molecular weight excluding hydrogens is 294 g/mol. The number of hydrogen-bond acceptors (Lipinski definition) is 5. The number of nitriles is 1. The number of hydrogen-bond donors (Lipinski definition) is 2. The molecule has 0 fully saturated rings. The van der Waals surface area contributed by atoms with Crippen molar-refractivity contribution in [2.24, 2.45) is 0 Å². The highest BCUT2D eigenvalue weighted by atomic mass is 35.5. The van der Waals surface area contributed by atoms with Gasteiger partial charge in [-0.05, 0) is 31.2 Å². The van der Waals surface area contributed by atoms with Crippen LogP contribution in [0.1, 0.15) is 11.3 Å². The molecule has 0 bridgehead atoms. The molecule has 1 aromatic carbocycles. The summed E-state index contributed by atoms with van der Waals surface area (Å²) in [4.78, 5) is 12.0. The van der Waals surface area contributed by atoms with Crippen LogP contribution in [0.5, 0.6) is 0 Å². The van der Waals surface area contributed by atoms with Gasteiger partial charge in [0.2, 0.25) is 0 Å². The van der Waals surface area contributed by atoms with E-state index >= 15 is 0 Å². The number of nitrogens with one attached hydrogen (secondary N) is 1. The van der Waals surface area contributed by atoms with E-state index < -0.39 is 17.2 Å². The van der Waals surface area contributed by atoms with E-state index in [1.54, 1.807) is 37.3 Å². The molecule has 0 aliphatic heterocycles. The van der Waals surface area contributed by atoms with Crippen molar-refractivity contribution in [2.45, 2.75) is 6.92 Å². The number of carbonyl (C=O) groups excluding carboxylic acids is 1. The molecule has 0 radical (unpaired) electrons. The number of anilines is 1. The molecule has 1 heterocycles. The van der Waals surface area contributed by atoms with E-state index in [-0.39, 0.29) is 5.56 Å². The molecule has 0 unspecified atom stereocenters. The molecule has 7 heteroatoms. The second-order valence-electron chi connectivity index (χ2n) is 4.09. The Morgan fingerprint density at radius 2 is 2.10 bits per heavy atom. The molecule has 0 saturated heterocycles. The fraction of sp³-hybridized carbons (Fsp3) is 0.0714. The highest BCUT2D eigenvalue weighted by Crippen LogP contribution is 2.21. The maximum Gasteiger partial charge on any atom is 0.270 e. The molecule has 0 aliphatic carbocycles. The second kappa shape index (κ2) is 6.11. The molecule has 6 nitrogen and oxygen atoms in total. The summed E-state index contributed by atoms with van der Waals surface area (Å²) in [6.45, 7) is 1.56. The van der Waals surface area contributed by atoms with Crippen LogP contribution in [-0.4, -0.2) is 16.2 Å². The quantitative estimate of drug-likeness (QED) is 0.515. The summed E-state index contributed by atoms with van der Waals surface area (Å²) in [5.74, 6) is -0.917. The highest BCUT2D eigenvalue weighted by molar-refractivity contribution is 6.30. The molecule has 21 heavy (non-hydrogen) atoms. The Labute approximate surface area is 125 Å². The number of aryl methyl sites for hydroxylation is 1. The number of carbonyl (C=O) groups is 1. The summed E-state index contributed by atoms with van der Waals surface area (Å²) in [5.41, 5.74) is 0.209. The fourth-order valence-electron chi connectivity index (χ4n) is 1.60. The number of aliphatic hydroxyl groups is 1. The predicted molar refractivity (Wildman–Crippen MR) is 76.5 cm³/mol. The van der Waals surface area contributed by atoms with Crippen molar-refractivity contribution in [3.05, 3.63) is 52.4 Å². The van der Waals surface area contributed by atoms with Crippen molar-refractivity contribution < 1.29 is 14.4 Å². The Bertz CT molecular complexity index is 742. The van der Waals surface area contributed by atoms with Crippen LogP contribution in [0.15, 0.2) is 40.6 Å². The first-order chi connectivity index (χ1) is 10.0. The number of aromatic nitrogens is 1. The third-order valence-corrected chi connectivity index (χ3v) is 2.94. The third kappa shape index (κ3) is 3.22. The zero-order valence-electron chi connectivity index (χ0n) is 10.9. The molecule has 2 rings (SSSR count). The molecule has 106 valence electrons. The summed E-state index contributed by atoms with van der Waals surface area (Å²) in [6, 6.07) is 8.02. The van der Waals surface area contributed by atoms with Crippen molar-refractivity contribution >= 4 is 29.0 Å². The summed E-state index contributed by atoms with van der Waals surface area (Å²) < 4.78 is 4.79. The van der Waals surface area contributed by atoms with Crippen molar-refractivity contribution in [1.82, 2.24) is 5.16 Å². The minimum atomic E-state index is -0.738. The van der Waals surface area contributed by atoms with Crippen molar-refractivity contribution in [3.8, 4) is 6.07 Å². The third-order valence-electron chi connectivity index (χ3n) is 2.68. The molecule has 0 spiro atoms. The smallest absolute Gasteiger partial charge is 0.270 e. The van der Waals surface area contributed by atoms with Gasteiger partial charge in [-0.15, -0.1) is 0 Å². The van der Waals surface area contributed by atoms with E-state index in [0.717, 1.165) is 0 Å². The Kier molecular flexibility index (Phi) is 4.26. The molecule has 2 N–H and O–H groups in total. The van der Waals surface area contributed by atoms with Gasteiger partial charge in [0.1, 0.15) is 11.8 Å². The van der Waals surface area contributed by atoms with Crippen LogP contribution in [0.4, 0.5) is 5.69 Å². The van der Waals surface area contributed by atoms with E-state index in [2.05, 4.69) is 10.5 Å². The van der Waals surface area contributed by atoms with Crippen molar-refractivity contribution in [1.29, 1.82) is 5.26 Å². The topological polar surface area (TPSA) is 99.2 Å². The van der Waals surface area contributed by atoms with Gasteiger partial charge in [-0.1, -0.05) is 16.8 Å². The lowest BCUT2D eigenvalue weighted by molar-refractivity contribution is -0.112. The fourth-order valence-corrected chi connectivity index (χ4v) is 1.72. The van der Waals surface area contributed by atoms with Crippen LogP contribution in [0.3, 0.4) is 0 Å². The van der Waals surface area contributed by atoms with Crippen LogP contribution >= 0.6 is 11.6 Å². The standard InChI is InChI=1S/C14H10ClN3O3/c1-8-12(7-17-21-8)13(19)11(6-16)14(20)18-10-4-2-9(15)3-5-10/h2-5,7,19H,1H3,(H,18,20). The Hall–Kier alpha value is -2.78. The number of halogens is 1. The number of amides is 1. The number of aliphatic hydroxyl groups excluding tert-OH is 1. The monoisotopic (exact) mass is 303 g/mol. The maximum absolute atomic E-state index is 12.0. The van der Waals surface area contributed by atoms with E-state index in [4.69, 9.17) is 21.4 Å². The minimum Gasteiger partial charge on any atom is -0.506 e. The molecule has 1 amide bonds. The number of rotatable bonds is 3. The lowest BCUT2D eigenvalue weighted by Gasteiger charge is -2.05. The van der Waals surface area contributed by atoms with Gasteiger partial charge in [0.25, 0.3) is 5.91 Å². The van der Waals surface area contributed by atoms with Gasteiger partial charge in [-0.25, -0.2) is 0 Å². The van der Waals surface area contributed by atoms with Gasteiger partial charge >= 0.3 is 0 Å². The van der Waals surface area contributed by atoms with Crippen LogP contribution < -0.4 is 5.32 Å². The van der Waals surface area contributed by atoms with E-state index in [9.17, 15) is 9.90 Å². The Morgan fingerprint density at radius 3 is 2.62 bits per heavy atom. The van der Waals surface area contributed by atoms with Crippen molar-refractivity contribution in [2.75, 3.05) is 5.32 Å². The summed E-state index contributed by atoms with van der Waals surface area (Å²) in [5, 5.41) is 25.6. The van der Waals surface area contributed by atoms with Gasteiger partial charge in [-0.3, -0.25) is 4.79 Å². The molecule has 0 aliphatic rings. The van der Waals surface area contributed by atoms with Gasteiger partial charge in [0.15, 0.2) is 11.3 Å². The summed E-state index contributed by atoms with van der Waals surface area (Å²) in [7, 11) is 0. The normalized spacial score (nSPS) is 11.5. The first-order valence-electron chi connectivity index (χ1n) is 5.85. The Morgan fingerprint density at radius 1 is 1.43 bits per heavy atom. The Balaban J connectivity index is 2.29. The van der Waals surface area contributed by atoms with Gasteiger partial charge in [-0.2, -0.15) is 5.26 Å². The SMILES string of the molecule is Cc1oncc1C(O)=C(C#N)C(=O)Nc1ccc(Cl)cc1. The molecule has 2 aromatic rings. The van der Waals surface area contributed by atoms with Crippen LogP contribution in [0.25, 0.3) is 5.76 Å². The van der Waals surface area contributed by atoms with Gasteiger partial charge < -0.3 is 14.9 Å². The second-order valence-corrected chi connectivity index (χ2v) is 4.53. The molecule has 0 saturated carbocycles. The van der Waals surface area contributed by atoms with Gasteiger partial charge in [0.05, 0.1) is 11.8 Å². The van der Waals surface area contributed by atoms with Crippen molar-refractivity contribution in [3.63, 3.8) is 0 Å². The molecular formula is C14H10ClN3O3. The zero-order valence-corrected chi connectivity index (χ0v) is 11.7. The van der Waals surface area contributed by atoms with Crippen LogP contribution in [0, 0.1) is 18.3 Å². The number of benzene rings is 1. The highest BCUT2D eigenvalue weighted by Gasteiger charge is 2.19. The first-order valence-corrected chi connectivity index (χ1v) is 6.22. The minimum absolute atomic E-state index is 0.192.